The number of hydrogen-bond donors (Lipinski definition) is 1. The van der Waals surface area contributed by atoms with E-state index in [-0.39, 0.29) is 5.54 Å². The minimum Gasteiger partial charge on any atom is -0.464 e. The van der Waals surface area contributed by atoms with Crippen LogP contribution in [0.4, 0.5) is 0 Å². The third-order valence-corrected chi connectivity index (χ3v) is 3.25. The normalized spacial score (nSPS) is 12.3. The van der Waals surface area contributed by atoms with Crippen molar-refractivity contribution in [3.63, 3.8) is 0 Å². The fraction of sp³-hybridized carbons (Fsp3) is 0.500. The molecule has 0 aliphatic rings. The van der Waals surface area contributed by atoms with Gasteiger partial charge in [0.15, 0.2) is 0 Å². The maximum absolute atomic E-state index is 5.72. The number of aryl methyl sites for hydroxylation is 2. The molecule has 0 saturated carbocycles. The fourth-order valence-electron chi connectivity index (χ4n) is 2.28. The van der Waals surface area contributed by atoms with Gasteiger partial charge < -0.3 is 9.73 Å². The van der Waals surface area contributed by atoms with Crippen molar-refractivity contribution in [3.05, 3.63) is 35.1 Å². The summed E-state index contributed by atoms with van der Waals surface area (Å²) in [6.45, 7) is 11.8. The lowest BCUT2D eigenvalue weighted by Crippen LogP contribution is -2.37. The summed E-state index contributed by atoms with van der Waals surface area (Å²) < 4.78 is 5.72. The summed E-state index contributed by atoms with van der Waals surface area (Å²) in [5.74, 6) is 0. The summed E-state index contributed by atoms with van der Waals surface area (Å²) in [5, 5.41) is 4.81. The van der Waals surface area contributed by atoms with E-state index in [0.29, 0.717) is 0 Å². The topological polar surface area (TPSA) is 25.2 Å². The second-order valence-corrected chi connectivity index (χ2v) is 6.09. The molecule has 0 aliphatic carbocycles. The summed E-state index contributed by atoms with van der Waals surface area (Å²) in [6, 6.07) is 4.30. The van der Waals surface area contributed by atoms with Crippen LogP contribution in [0.3, 0.4) is 0 Å². The molecular formula is C16H23NO. The van der Waals surface area contributed by atoms with Crippen LogP contribution in [0.1, 0.15) is 37.5 Å². The SMILES string of the molecule is Cc1ccc(C)c2c(CCNC(C)(C)C)coc12. The summed E-state index contributed by atoms with van der Waals surface area (Å²) in [6.07, 6.45) is 2.92. The van der Waals surface area contributed by atoms with Crippen molar-refractivity contribution in [1.82, 2.24) is 5.32 Å². The zero-order chi connectivity index (χ0) is 13.3. The molecule has 0 radical (unpaired) electrons. The molecule has 0 bridgehead atoms. The van der Waals surface area contributed by atoms with Gasteiger partial charge in [0.1, 0.15) is 5.58 Å². The van der Waals surface area contributed by atoms with Crippen molar-refractivity contribution in [2.75, 3.05) is 6.54 Å². The molecule has 0 amide bonds. The van der Waals surface area contributed by atoms with E-state index in [1.807, 2.05) is 6.26 Å². The molecule has 0 saturated heterocycles. The molecule has 2 nitrogen and oxygen atoms in total. The Bertz CT molecular complexity index is 546. The van der Waals surface area contributed by atoms with Gasteiger partial charge >= 0.3 is 0 Å². The highest BCUT2D eigenvalue weighted by atomic mass is 16.3. The van der Waals surface area contributed by atoms with Gasteiger partial charge in [-0.3, -0.25) is 0 Å². The van der Waals surface area contributed by atoms with Crippen LogP contribution in [0.25, 0.3) is 11.0 Å². The van der Waals surface area contributed by atoms with Gasteiger partial charge in [-0.25, -0.2) is 0 Å². The largest absolute Gasteiger partial charge is 0.464 e. The molecule has 1 N–H and O–H groups in total. The Kier molecular flexibility index (Phi) is 3.49. The first-order valence-corrected chi connectivity index (χ1v) is 6.60. The zero-order valence-corrected chi connectivity index (χ0v) is 12.1. The minimum atomic E-state index is 0.171. The van der Waals surface area contributed by atoms with Crippen LogP contribution in [0.2, 0.25) is 0 Å². The smallest absolute Gasteiger partial charge is 0.137 e. The van der Waals surface area contributed by atoms with E-state index in [4.69, 9.17) is 4.42 Å². The van der Waals surface area contributed by atoms with E-state index in [2.05, 4.69) is 52.1 Å². The van der Waals surface area contributed by atoms with Crippen molar-refractivity contribution >= 4 is 11.0 Å². The average molecular weight is 245 g/mol. The maximum Gasteiger partial charge on any atom is 0.137 e. The van der Waals surface area contributed by atoms with E-state index in [0.717, 1.165) is 18.5 Å². The highest BCUT2D eigenvalue weighted by Gasteiger charge is 2.12. The van der Waals surface area contributed by atoms with Crippen molar-refractivity contribution in [1.29, 1.82) is 0 Å². The molecule has 0 aliphatic heterocycles. The monoisotopic (exact) mass is 245 g/mol. The predicted molar refractivity (Wildman–Crippen MR) is 77.1 cm³/mol. The second kappa shape index (κ2) is 4.77. The summed E-state index contributed by atoms with van der Waals surface area (Å²) in [4.78, 5) is 0. The molecule has 2 heteroatoms. The molecule has 1 heterocycles. The van der Waals surface area contributed by atoms with Crippen molar-refractivity contribution in [2.45, 2.75) is 46.6 Å². The van der Waals surface area contributed by atoms with Crippen molar-refractivity contribution < 1.29 is 4.42 Å². The van der Waals surface area contributed by atoms with Crippen LogP contribution in [0.5, 0.6) is 0 Å². The Morgan fingerprint density at radius 3 is 2.44 bits per heavy atom. The van der Waals surface area contributed by atoms with Gasteiger partial charge in [0.25, 0.3) is 0 Å². The zero-order valence-electron chi connectivity index (χ0n) is 12.1. The van der Waals surface area contributed by atoms with Crippen LogP contribution >= 0.6 is 0 Å². The predicted octanol–water partition coefficient (Wildman–Crippen LogP) is 3.98. The van der Waals surface area contributed by atoms with Gasteiger partial charge in [0.2, 0.25) is 0 Å². The number of benzene rings is 1. The molecule has 2 rings (SSSR count). The Morgan fingerprint density at radius 1 is 1.11 bits per heavy atom. The maximum atomic E-state index is 5.72. The van der Waals surface area contributed by atoms with Gasteiger partial charge in [-0.15, -0.1) is 0 Å². The Labute approximate surface area is 109 Å². The summed E-state index contributed by atoms with van der Waals surface area (Å²) in [5.41, 5.74) is 5.04. The quantitative estimate of drug-likeness (QED) is 0.884. The molecule has 0 atom stereocenters. The third-order valence-electron chi connectivity index (χ3n) is 3.25. The highest BCUT2D eigenvalue weighted by molar-refractivity contribution is 5.87. The van der Waals surface area contributed by atoms with E-state index in [1.165, 1.54) is 22.1 Å². The molecule has 0 spiro atoms. The first-order valence-electron chi connectivity index (χ1n) is 6.60. The van der Waals surface area contributed by atoms with E-state index in [1.54, 1.807) is 0 Å². The molecular weight excluding hydrogens is 222 g/mol. The fourth-order valence-corrected chi connectivity index (χ4v) is 2.28. The van der Waals surface area contributed by atoms with Gasteiger partial charge in [0.05, 0.1) is 6.26 Å². The van der Waals surface area contributed by atoms with E-state index < -0.39 is 0 Å². The van der Waals surface area contributed by atoms with E-state index >= 15 is 0 Å². The third kappa shape index (κ3) is 2.75. The van der Waals surface area contributed by atoms with Crippen LogP contribution in [0, 0.1) is 13.8 Å². The first-order chi connectivity index (χ1) is 8.38. The number of nitrogens with one attached hydrogen (secondary N) is 1. The second-order valence-electron chi connectivity index (χ2n) is 6.09. The van der Waals surface area contributed by atoms with Crippen molar-refractivity contribution in [2.24, 2.45) is 0 Å². The van der Waals surface area contributed by atoms with Crippen LogP contribution in [-0.4, -0.2) is 12.1 Å². The molecule has 18 heavy (non-hydrogen) atoms. The minimum absolute atomic E-state index is 0.171. The van der Waals surface area contributed by atoms with Crippen LogP contribution in [0.15, 0.2) is 22.8 Å². The number of hydrogen-bond acceptors (Lipinski definition) is 2. The number of furan rings is 1. The Morgan fingerprint density at radius 2 is 1.78 bits per heavy atom. The number of fused-ring (bicyclic) bond motifs is 1. The van der Waals surface area contributed by atoms with Crippen LogP contribution in [-0.2, 0) is 6.42 Å². The molecule has 98 valence electrons. The Balaban J connectivity index is 2.22. The standard InChI is InChI=1S/C16H23NO/c1-11-6-7-12(2)15-14(11)13(10-18-15)8-9-17-16(3,4)5/h6-7,10,17H,8-9H2,1-5H3. The average Bonchev–Trinajstić information content (AvgIpc) is 2.67. The van der Waals surface area contributed by atoms with Crippen molar-refractivity contribution in [3.8, 4) is 0 Å². The first kappa shape index (κ1) is 13.2. The Hall–Kier alpha value is -1.28. The molecule has 1 aromatic carbocycles. The molecule has 0 unspecified atom stereocenters. The van der Waals surface area contributed by atoms with Crippen LogP contribution < -0.4 is 5.32 Å². The van der Waals surface area contributed by atoms with Gasteiger partial charge in [-0.1, -0.05) is 12.1 Å². The van der Waals surface area contributed by atoms with E-state index in [9.17, 15) is 0 Å². The lowest BCUT2D eigenvalue weighted by Gasteiger charge is -2.20. The number of rotatable bonds is 3. The molecule has 2 aromatic rings. The van der Waals surface area contributed by atoms with Gasteiger partial charge in [-0.2, -0.15) is 0 Å². The molecule has 1 aromatic heterocycles. The summed E-state index contributed by atoms with van der Waals surface area (Å²) >= 11 is 0. The van der Waals surface area contributed by atoms with Gasteiger partial charge in [0, 0.05) is 10.9 Å². The lowest BCUT2D eigenvalue weighted by atomic mass is 10.0. The lowest BCUT2D eigenvalue weighted by molar-refractivity contribution is 0.429. The molecule has 0 fully saturated rings. The van der Waals surface area contributed by atoms with Gasteiger partial charge in [-0.05, 0) is 64.3 Å². The highest BCUT2D eigenvalue weighted by Crippen LogP contribution is 2.27. The summed E-state index contributed by atoms with van der Waals surface area (Å²) in [7, 11) is 0.